The second kappa shape index (κ2) is 10.0. The second-order valence-electron chi connectivity index (χ2n) is 8.60. The van der Waals surface area contributed by atoms with Crippen LogP contribution in [0.5, 0.6) is 5.75 Å². The predicted molar refractivity (Wildman–Crippen MR) is 122 cm³/mol. The number of nitrogens with zero attached hydrogens (tertiary/aromatic N) is 4. The van der Waals surface area contributed by atoms with Gasteiger partial charge in [-0.3, -0.25) is 9.56 Å². The summed E-state index contributed by atoms with van der Waals surface area (Å²) in [4.78, 5) is 16.7. The molecule has 8 heteroatoms. The zero-order valence-electron chi connectivity index (χ0n) is 18.7. The van der Waals surface area contributed by atoms with Crippen molar-refractivity contribution in [3.63, 3.8) is 0 Å². The standard InChI is InChI=1S/C23H34N6O2/c1-17-7-10-19(20(14-17)31-16-18-8-9-18)15-26-22(24-2)25-11-5-13-29-23(30)28-12-4-3-6-21(28)27-29/h7,10,14,18H,3-6,8-9,11-13,15-16H2,1-2H3,(H2,24,25,26). The quantitative estimate of drug-likeness (QED) is 0.365. The molecule has 0 bridgehead atoms. The van der Waals surface area contributed by atoms with Crippen molar-refractivity contribution in [2.75, 3.05) is 20.2 Å². The zero-order chi connectivity index (χ0) is 21.6. The van der Waals surface area contributed by atoms with Crippen LogP contribution in [0.4, 0.5) is 0 Å². The highest BCUT2D eigenvalue weighted by atomic mass is 16.5. The van der Waals surface area contributed by atoms with Crippen LogP contribution in [-0.2, 0) is 26.1 Å². The lowest BCUT2D eigenvalue weighted by molar-refractivity contribution is 0.296. The number of benzene rings is 1. The van der Waals surface area contributed by atoms with E-state index in [9.17, 15) is 4.79 Å². The van der Waals surface area contributed by atoms with Crippen LogP contribution in [0.15, 0.2) is 28.0 Å². The second-order valence-corrected chi connectivity index (χ2v) is 8.60. The Morgan fingerprint density at radius 1 is 1.29 bits per heavy atom. The molecule has 4 rings (SSSR count). The fourth-order valence-corrected chi connectivity index (χ4v) is 3.86. The van der Waals surface area contributed by atoms with Gasteiger partial charge in [-0.15, -0.1) is 0 Å². The number of fused-ring (bicyclic) bond motifs is 1. The number of nitrogens with one attached hydrogen (secondary N) is 2. The molecular weight excluding hydrogens is 392 g/mol. The molecule has 1 saturated carbocycles. The van der Waals surface area contributed by atoms with E-state index in [1.54, 1.807) is 11.7 Å². The first-order valence-electron chi connectivity index (χ1n) is 11.5. The van der Waals surface area contributed by atoms with E-state index in [4.69, 9.17) is 4.74 Å². The van der Waals surface area contributed by atoms with E-state index in [1.807, 2.05) is 4.57 Å². The Morgan fingerprint density at radius 3 is 2.94 bits per heavy atom. The monoisotopic (exact) mass is 426 g/mol. The smallest absolute Gasteiger partial charge is 0.345 e. The predicted octanol–water partition coefficient (Wildman–Crippen LogP) is 2.23. The van der Waals surface area contributed by atoms with E-state index in [-0.39, 0.29) is 5.69 Å². The zero-order valence-corrected chi connectivity index (χ0v) is 18.7. The summed E-state index contributed by atoms with van der Waals surface area (Å²) >= 11 is 0. The number of rotatable bonds is 9. The Bertz CT molecular complexity index is 973. The lowest BCUT2D eigenvalue weighted by Gasteiger charge is -2.15. The fraction of sp³-hybridized carbons (Fsp3) is 0.609. The van der Waals surface area contributed by atoms with Crippen molar-refractivity contribution in [2.24, 2.45) is 10.9 Å². The third-order valence-electron chi connectivity index (χ3n) is 5.93. The van der Waals surface area contributed by atoms with Gasteiger partial charge in [-0.05, 0) is 56.6 Å². The van der Waals surface area contributed by atoms with Gasteiger partial charge in [0, 0.05) is 45.2 Å². The van der Waals surface area contributed by atoms with Crippen LogP contribution in [-0.4, -0.2) is 40.5 Å². The van der Waals surface area contributed by atoms with Crippen molar-refractivity contribution in [1.82, 2.24) is 25.0 Å². The number of hydrogen-bond acceptors (Lipinski definition) is 4. The fourth-order valence-electron chi connectivity index (χ4n) is 3.86. The van der Waals surface area contributed by atoms with Crippen molar-refractivity contribution < 1.29 is 4.74 Å². The third kappa shape index (κ3) is 5.68. The van der Waals surface area contributed by atoms with Crippen LogP contribution < -0.4 is 21.1 Å². The van der Waals surface area contributed by atoms with Crippen LogP contribution in [0.25, 0.3) is 0 Å². The van der Waals surface area contributed by atoms with Gasteiger partial charge in [-0.1, -0.05) is 12.1 Å². The summed E-state index contributed by atoms with van der Waals surface area (Å²) in [5.41, 5.74) is 2.35. The number of ether oxygens (including phenoxy) is 1. The molecule has 168 valence electrons. The number of hydrogen-bond donors (Lipinski definition) is 2. The minimum Gasteiger partial charge on any atom is -0.493 e. The number of aryl methyl sites for hydroxylation is 3. The summed E-state index contributed by atoms with van der Waals surface area (Å²) in [5, 5.41) is 11.2. The molecule has 0 spiro atoms. The summed E-state index contributed by atoms with van der Waals surface area (Å²) in [6.07, 6.45) is 6.46. The summed E-state index contributed by atoms with van der Waals surface area (Å²) in [5.74, 6) is 3.35. The van der Waals surface area contributed by atoms with Crippen molar-refractivity contribution >= 4 is 5.96 Å². The highest BCUT2D eigenvalue weighted by Crippen LogP contribution is 2.30. The average Bonchev–Trinajstić information content (AvgIpc) is 3.56. The van der Waals surface area contributed by atoms with Gasteiger partial charge >= 0.3 is 5.69 Å². The van der Waals surface area contributed by atoms with E-state index < -0.39 is 0 Å². The molecule has 1 fully saturated rings. The van der Waals surface area contributed by atoms with Gasteiger partial charge in [0.2, 0.25) is 0 Å². The maximum Gasteiger partial charge on any atom is 0.345 e. The summed E-state index contributed by atoms with van der Waals surface area (Å²) in [7, 11) is 1.77. The van der Waals surface area contributed by atoms with Crippen molar-refractivity contribution in [1.29, 1.82) is 0 Å². The van der Waals surface area contributed by atoms with Gasteiger partial charge < -0.3 is 15.4 Å². The van der Waals surface area contributed by atoms with E-state index in [1.165, 1.54) is 18.4 Å². The molecule has 0 amide bonds. The maximum atomic E-state index is 12.4. The van der Waals surface area contributed by atoms with Crippen molar-refractivity contribution in [3.05, 3.63) is 45.6 Å². The SMILES string of the molecule is CN=C(NCCCn1nc2n(c1=O)CCCC2)NCc1ccc(C)cc1OCC1CC1. The number of guanidine groups is 1. The van der Waals surface area contributed by atoms with E-state index in [0.717, 1.165) is 67.8 Å². The lowest BCUT2D eigenvalue weighted by atomic mass is 10.1. The van der Waals surface area contributed by atoms with Crippen LogP contribution in [0.1, 0.15) is 49.1 Å². The van der Waals surface area contributed by atoms with Crippen LogP contribution in [0.2, 0.25) is 0 Å². The highest BCUT2D eigenvalue weighted by molar-refractivity contribution is 5.79. The normalized spacial score (nSPS) is 16.1. The van der Waals surface area contributed by atoms with Gasteiger partial charge in [-0.2, -0.15) is 5.10 Å². The molecule has 0 saturated heterocycles. The largest absolute Gasteiger partial charge is 0.493 e. The van der Waals surface area contributed by atoms with Gasteiger partial charge in [0.1, 0.15) is 11.6 Å². The molecule has 2 N–H and O–H groups in total. The maximum absolute atomic E-state index is 12.4. The minimum absolute atomic E-state index is 0.0234. The number of aliphatic imine (C=N–C) groups is 1. The molecule has 8 nitrogen and oxygen atoms in total. The third-order valence-corrected chi connectivity index (χ3v) is 5.93. The van der Waals surface area contributed by atoms with Crippen molar-refractivity contribution in [3.8, 4) is 5.75 Å². The first-order chi connectivity index (χ1) is 15.1. The molecule has 2 aromatic rings. The van der Waals surface area contributed by atoms with Gasteiger partial charge in [0.15, 0.2) is 5.96 Å². The Hall–Kier alpha value is -2.77. The van der Waals surface area contributed by atoms with E-state index >= 15 is 0 Å². The molecule has 0 radical (unpaired) electrons. The van der Waals surface area contributed by atoms with Crippen molar-refractivity contribution in [2.45, 2.75) is 65.1 Å². The Kier molecular flexibility index (Phi) is 6.94. The molecule has 2 heterocycles. The van der Waals surface area contributed by atoms with E-state index in [0.29, 0.717) is 19.6 Å². The minimum atomic E-state index is 0.0234. The van der Waals surface area contributed by atoms with E-state index in [2.05, 4.69) is 45.8 Å². The first-order valence-corrected chi connectivity index (χ1v) is 11.5. The van der Waals surface area contributed by atoms with Crippen LogP contribution >= 0.6 is 0 Å². The number of aromatic nitrogens is 3. The Labute approximate surface area is 183 Å². The van der Waals surface area contributed by atoms with Gasteiger partial charge in [0.25, 0.3) is 0 Å². The van der Waals surface area contributed by atoms with Gasteiger partial charge in [0.05, 0.1) is 6.61 Å². The first kappa shape index (κ1) is 21.5. The Morgan fingerprint density at radius 2 is 2.16 bits per heavy atom. The molecule has 1 aromatic carbocycles. The van der Waals surface area contributed by atoms with Crippen LogP contribution in [0.3, 0.4) is 0 Å². The van der Waals surface area contributed by atoms with Gasteiger partial charge in [-0.25, -0.2) is 9.48 Å². The highest BCUT2D eigenvalue weighted by Gasteiger charge is 2.22. The molecule has 1 aliphatic heterocycles. The summed E-state index contributed by atoms with van der Waals surface area (Å²) in [6.45, 7) is 5.67. The molecule has 31 heavy (non-hydrogen) atoms. The summed E-state index contributed by atoms with van der Waals surface area (Å²) < 4.78 is 9.49. The summed E-state index contributed by atoms with van der Waals surface area (Å²) in [6, 6.07) is 6.34. The topological polar surface area (TPSA) is 85.5 Å². The van der Waals surface area contributed by atoms with Crippen LogP contribution in [0, 0.1) is 12.8 Å². The molecule has 1 aromatic heterocycles. The Balaban J connectivity index is 1.24. The lowest BCUT2D eigenvalue weighted by Crippen LogP contribution is -2.38. The average molecular weight is 427 g/mol. The molecule has 1 aliphatic carbocycles. The molecule has 0 unspecified atom stereocenters. The molecule has 2 aliphatic rings. The molecular formula is C23H34N6O2. The molecule has 0 atom stereocenters.